The molecule has 1 heterocycles. The second kappa shape index (κ2) is 12.8. The smallest absolute Gasteiger partial charge is 0.357 e. The SMILES string of the molecule is COCCNc1nc(C(=O)OC)c(-c2cc(OC)c(OC)c(OC)c2)c2ccc(OCc3ccccc3)cc12. The van der Waals surface area contributed by atoms with Crippen molar-refractivity contribution in [3.8, 4) is 34.1 Å². The van der Waals surface area contributed by atoms with E-state index in [1.54, 1.807) is 19.2 Å². The lowest BCUT2D eigenvalue weighted by atomic mass is 9.95. The van der Waals surface area contributed by atoms with Crippen LogP contribution in [0.4, 0.5) is 5.82 Å². The largest absolute Gasteiger partial charge is 0.493 e. The van der Waals surface area contributed by atoms with E-state index in [-0.39, 0.29) is 5.69 Å². The third-order valence-corrected chi connectivity index (χ3v) is 6.16. The van der Waals surface area contributed by atoms with Crippen LogP contribution < -0.4 is 24.3 Å². The number of pyridine rings is 1. The minimum atomic E-state index is -0.583. The first kappa shape index (κ1) is 27.5. The second-order valence-electron chi connectivity index (χ2n) is 8.49. The predicted molar refractivity (Wildman–Crippen MR) is 149 cm³/mol. The molecular formula is C30H32N2O7. The maximum absolute atomic E-state index is 13.0. The summed E-state index contributed by atoms with van der Waals surface area (Å²) in [5, 5.41) is 4.80. The highest BCUT2D eigenvalue weighted by molar-refractivity contribution is 6.10. The Kier molecular flexibility index (Phi) is 9.06. The number of nitrogens with zero attached hydrogens (tertiary/aromatic N) is 1. The number of hydrogen-bond acceptors (Lipinski definition) is 9. The first-order chi connectivity index (χ1) is 19.0. The van der Waals surface area contributed by atoms with Gasteiger partial charge in [0.2, 0.25) is 5.75 Å². The Balaban J connectivity index is 1.93. The van der Waals surface area contributed by atoms with Gasteiger partial charge < -0.3 is 33.7 Å². The molecule has 0 aliphatic rings. The van der Waals surface area contributed by atoms with Gasteiger partial charge in [-0.25, -0.2) is 9.78 Å². The molecule has 39 heavy (non-hydrogen) atoms. The third-order valence-electron chi connectivity index (χ3n) is 6.16. The standard InChI is InChI=1S/C30H32N2O7/c1-34-14-13-31-29-23-17-21(39-18-19-9-7-6-8-10-19)11-12-22(23)26(27(32-29)30(33)38-5)20-15-24(35-2)28(37-4)25(16-20)36-3/h6-12,15-17H,13-14,18H2,1-5H3,(H,31,32). The first-order valence-electron chi connectivity index (χ1n) is 12.3. The van der Waals surface area contributed by atoms with Crippen molar-refractivity contribution in [2.75, 3.05) is 54.0 Å². The van der Waals surface area contributed by atoms with Gasteiger partial charge >= 0.3 is 5.97 Å². The molecule has 1 N–H and O–H groups in total. The van der Waals surface area contributed by atoms with Crippen LogP contribution in [0.3, 0.4) is 0 Å². The number of anilines is 1. The Morgan fingerprint density at radius 3 is 2.18 bits per heavy atom. The van der Waals surface area contributed by atoms with Crippen LogP contribution in [0.1, 0.15) is 16.1 Å². The number of methoxy groups -OCH3 is 5. The Hall–Kier alpha value is -4.50. The number of benzene rings is 3. The normalized spacial score (nSPS) is 10.7. The molecule has 4 aromatic rings. The van der Waals surface area contributed by atoms with Crippen molar-refractivity contribution in [3.63, 3.8) is 0 Å². The molecule has 4 rings (SSSR count). The number of hydrogen-bond donors (Lipinski definition) is 1. The van der Waals surface area contributed by atoms with E-state index in [0.717, 1.165) is 16.3 Å². The fourth-order valence-corrected chi connectivity index (χ4v) is 4.29. The van der Waals surface area contributed by atoms with Crippen LogP contribution in [0.15, 0.2) is 60.7 Å². The van der Waals surface area contributed by atoms with Gasteiger partial charge in [-0.1, -0.05) is 30.3 Å². The molecule has 0 aliphatic carbocycles. The summed E-state index contributed by atoms with van der Waals surface area (Å²) in [5.74, 6) is 1.91. The molecule has 0 unspecified atom stereocenters. The average Bonchev–Trinajstić information content (AvgIpc) is 2.99. The number of ether oxygens (including phenoxy) is 6. The molecule has 0 saturated carbocycles. The maximum atomic E-state index is 13.0. The van der Waals surface area contributed by atoms with Crippen LogP contribution in [0.5, 0.6) is 23.0 Å². The molecule has 9 nitrogen and oxygen atoms in total. The lowest BCUT2D eigenvalue weighted by Crippen LogP contribution is -2.14. The van der Waals surface area contributed by atoms with Crippen LogP contribution in [-0.2, 0) is 16.1 Å². The summed E-state index contributed by atoms with van der Waals surface area (Å²) in [4.78, 5) is 17.8. The van der Waals surface area contributed by atoms with Crippen molar-refractivity contribution in [1.29, 1.82) is 0 Å². The molecule has 0 bridgehead atoms. The maximum Gasteiger partial charge on any atom is 0.357 e. The first-order valence-corrected chi connectivity index (χ1v) is 12.3. The molecule has 1 aromatic heterocycles. The average molecular weight is 533 g/mol. The zero-order valence-corrected chi connectivity index (χ0v) is 22.7. The lowest BCUT2D eigenvalue weighted by Gasteiger charge is -2.19. The summed E-state index contributed by atoms with van der Waals surface area (Å²) in [6, 6.07) is 19.2. The van der Waals surface area contributed by atoms with Gasteiger partial charge in [-0.3, -0.25) is 0 Å². The van der Waals surface area contributed by atoms with Gasteiger partial charge in [-0.2, -0.15) is 0 Å². The molecule has 0 fully saturated rings. The fourth-order valence-electron chi connectivity index (χ4n) is 4.29. The van der Waals surface area contributed by atoms with Crippen molar-refractivity contribution in [2.45, 2.75) is 6.61 Å². The number of aromatic nitrogens is 1. The summed E-state index contributed by atoms with van der Waals surface area (Å²) in [6.07, 6.45) is 0. The summed E-state index contributed by atoms with van der Waals surface area (Å²) in [7, 11) is 7.56. The van der Waals surface area contributed by atoms with E-state index in [1.165, 1.54) is 28.4 Å². The van der Waals surface area contributed by atoms with Crippen molar-refractivity contribution < 1.29 is 33.2 Å². The fraction of sp³-hybridized carbons (Fsp3) is 0.267. The van der Waals surface area contributed by atoms with Gasteiger partial charge in [0.25, 0.3) is 0 Å². The van der Waals surface area contributed by atoms with Crippen molar-refractivity contribution in [2.24, 2.45) is 0 Å². The number of carbonyl (C=O) groups is 1. The monoisotopic (exact) mass is 532 g/mol. The minimum Gasteiger partial charge on any atom is -0.493 e. The van der Waals surface area contributed by atoms with Gasteiger partial charge in [-0.05, 0) is 46.8 Å². The quantitative estimate of drug-likeness (QED) is 0.191. The van der Waals surface area contributed by atoms with E-state index in [9.17, 15) is 4.79 Å². The van der Waals surface area contributed by atoms with E-state index >= 15 is 0 Å². The highest BCUT2D eigenvalue weighted by Gasteiger charge is 2.24. The van der Waals surface area contributed by atoms with E-state index in [4.69, 9.17) is 33.4 Å². The number of nitrogens with one attached hydrogen (secondary N) is 1. The highest BCUT2D eigenvalue weighted by Crippen LogP contribution is 2.44. The Labute approximate surface area is 227 Å². The topological polar surface area (TPSA) is 97.4 Å². The third kappa shape index (κ3) is 5.99. The molecule has 0 saturated heterocycles. The molecular weight excluding hydrogens is 500 g/mol. The van der Waals surface area contributed by atoms with Crippen LogP contribution in [0, 0.1) is 0 Å². The molecule has 9 heteroatoms. The number of fused-ring (bicyclic) bond motifs is 1. The van der Waals surface area contributed by atoms with Gasteiger partial charge in [0, 0.05) is 24.6 Å². The molecule has 0 spiro atoms. The highest BCUT2D eigenvalue weighted by atomic mass is 16.5. The Morgan fingerprint density at radius 2 is 1.56 bits per heavy atom. The molecule has 0 radical (unpaired) electrons. The van der Waals surface area contributed by atoms with Crippen molar-refractivity contribution in [1.82, 2.24) is 4.98 Å². The van der Waals surface area contributed by atoms with Gasteiger partial charge in [0.15, 0.2) is 17.2 Å². The number of esters is 1. The van der Waals surface area contributed by atoms with Gasteiger partial charge in [-0.15, -0.1) is 0 Å². The second-order valence-corrected chi connectivity index (χ2v) is 8.49. The molecule has 0 amide bonds. The van der Waals surface area contributed by atoms with Crippen LogP contribution in [0.2, 0.25) is 0 Å². The molecule has 3 aromatic carbocycles. The van der Waals surface area contributed by atoms with Crippen LogP contribution in [-0.4, -0.2) is 59.7 Å². The number of carbonyl (C=O) groups excluding carboxylic acids is 1. The minimum absolute atomic E-state index is 0.136. The van der Waals surface area contributed by atoms with Crippen molar-refractivity contribution in [3.05, 3.63) is 71.9 Å². The van der Waals surface area contributed by atoms with E-state index in [0.29, 0.717) is 59.7 Å². The Morgan fingerprint density at radius 1 is 0.846 bits per heavy atom. The summed E-state index contributed by atoms with van der Waals surface area (Å²) in [5.41, 5.74) is 2.39. The predicted octanol–water partition coefficient (Wildman–Crippen LogP) is 5.35. The summed E-state index contributed by atoms with van der Waals surface area (Å²) >= 11 is 0. The van der Waals surface area contributed by atoms with Gasteiger partial charge in [0.05, 0.1) is 35.0 Å². The summed E-state index contributed by atoms with van der Waals surface area (Å²) < 4.78 is 33.1. The van der Waals surface area contributed by atoms with Crippen LogP contribution >= 0.6 is 0 Å². The lowest BCUT2D eigenvalue weighted by molar-refractivity contribution is 0.0595. The number of rotatable bonds is 12. The molecule has 0 atom stereocenters. The van der Waals surface area contributed by atoms with E-state index in [1.807, 2.05) is 48.5 Å². The van der Waals surface area contributed by atoms with E-state index < -0.39 is 5.97 Å². The van der Waals surface area contributed by atoms with Crippen LogP contribution in [0.25, 0.3) is 21.9 Å². The Bertz CT molecular complexity index is 1420. The zero-order chi connectivity index (χ0) is 27.8. The molecule has 204 valence electrons. The van der Waals surface area contributed by atoms with Gasteiger partial charge in [0.1, 0.15) is 18.2 Å². The van der Waals surface area contributed by atoms with Crippen molar-refractivity contribution >= 4 is 22.6 Å². The molecule has 0 aliphatic heterocycles. The summed E-state index contributed by atoms with van der Waals surface area (Å²) in [6.45, 7) is 1.35. The van der Waals surface area contributed by atoms with E-state index in [2.05, 4.69) is 5.32 Å². The zero-order valence-electron chi connectivity index (χ0n) is 22.7.